The molecule has 0 aliphatic carbocycles. The Morgan fingerprint density at radius 2 is 0.0851 bits per heavy atom. The predicted molar refractivity (Wildman–Crippen MR) is 368 cm³/mol. The molecule has 378 valence electrons. The third-order valence-corrected chi connectivity index (χ3v) is 5.71. The maximum atomic E-state index is 4.95. The molecule has 0 aliphatic rings. The highest BCUT2D eigenvalue weighted by molar-refractivity contribution is 5.55. The van der Waals surface area contributed by atoms with E-state index in [4.69, 9.17) is 12.8 Å². The molecule has 0 aromatic heterocycles. The fourth-order valence-corrected chi connectivity index (χ4v) is 2.82. The van der Waals surface area contributed by atoms with Crippen LogP contribution in [0.4, 0.5) is 0 Å². The molecule has 0 saturated heterocycles. The van der Waals surface area contributed by atoms with Crippen molar-refractivity contribution >= 4 is 0 Å². The summed E-state index contributed by atoms with van der Waals surface area (Å²) >= 11 is 0. The summed E-state index contributed by atoms with van der Waals surface area (Å²) in [7, 11) is 0. The second-order valence-corrected chi connectivity index (χ2v) is 11.5. The van der Waals surface area contributed by atoms with E-state index in [1.165, 1.54) is 0 Å². The van der Waals surface area contributed by atoms with Crippen LogP contribution in [0.5, 0.6) is 0 Å². The van der Waals surface area contributed by atoms with E-state index < -0.39 is 0 Å². The fourth-order valence-electron chi connectivity index (χ4n) is 2.82. The fraction of sp³-hybridized carbons (Fsp3) is 0. The summed E-state index contributed by atoms with van der Waals surface area (Å²) in [5.74, 6) is 228. The SMILES string of the molecule is C#CC#CC#CC#CC#CC#CC#CC#CC#CC#CC#CC#CC#CC#CC#CC#CC#CC#CC#CC#CC#CC#CC#CC#CC#CC#CC#CC#CC#CC#CC#CC#CC#CC#CC#CC#CC#CC#CC#CC#CC#CC#CC#CC#CC#CC#CC#C. The van der Waals surface area contributed by atoms with Gasteiger partial charge in [-0.15, -0.1) is 12.8 Å². The van der Waals surface area contributed by atoms with Gasteiger partial charge in [-0.3, -0.25) is 0 Å². The van der Waals surface area contributed by atoms with E-state index in [2.05, 4.69) is 545 Å². The Bertz CT molecular complexity index is 6180. The Morgan fingerprint density at radius 1 is 0.0532 bits per heavy atom. The largest absolute Gasteiger partial charge is 0.106 e. The standard InChI is InChI=1S/C94H2/c1-3-5-7-9-11-13-15-17-19-21-23-25-27-29-31-33-35-37-39-41-43-45-47-49-51-53-55-57-59-61-63-65-67-69-71-73-75-77-79-81-83-85-87-89-91-93-94-92-90-88-86-84-82-80-78-76-74-72-70-68-66-64-62-60-58-56-54-52-50-48-46-44-42-40-38-36-34-32-30-28-26-24-22-20-18-16-14-12-10-8-6-4-2/h1-2H. The first-order valence-corrected chi connectivity index (χ1v) is 23.3. The molecule has 0 heterocycles. The maximum absolute atomic E-state index is 4.95. The quantitative estimate of drug-likeness (QED) is 0.309. The van der Waals surface area contributed by atoms with Crippen molar-refractivity contribution < 1.29 is 0 Å². The molecule has 0 fully saturated rings. The van der Waals surface area contributed by atoms with Gasteiger partial charge in [-0.1, -0.05) is 0 Å². The van der Waals surface area contributed by atoms with Gasteiger partial charge in [0.05, 0.1) is 0 Å². The first-order chi connectivity index (χ1) is 46.9. The third kappa shape index (κ3) is 71.3. The van der Waals surface area contributed by atoms with Crippen LogP contribution in [0.25, 0.3) is 0 Å². The minimum Gasteiger partial charge on any atom is -0.106 e. The summed E-state index contributed by atoms with van der Waals surface area (Å²) in [6, 6.07) is 0. The topological polar surface area (TPSA) is 0 Å². The normalized spacial score (nSPS) is 3.94. The molecule has 0 nitrogen and oxygen atoms in total. The highest BCUT2D eigenvalue weighted by atomic mass is 13.7. The Labute approximate surface area is 554 Å². The lowest BCUT2D eigenvalue weighted by molar-refractivity contribution is 2.31. The van der Waals surface area contributed by atoms with E-state index in [0.717, 1.165) is 0 Å². The molecular weight excluding hydrogens is 1130 g/mol. The highest BCUT2D eigenvalue weighted by Crippen LogP contribution is 1.66. The monoisotopic (exact) mass is 1130 g/mol. The number of hydrogen-bond acceptors (Lipinski definition) is 0. The van der Waals surface area contributed by atoms with Crippen LogP contribution in [-0.2, 0) is 0 Å². The molecule has 0 N–H and O–H groups in total. The van der Waals surface area contributed by atoms with Crippen molar-refractivity contribution in [1.82, 2.24) is 0 Å². The minimum absolute atomic E-state index is 2.12. The minimum atomic E-state index is 2.12. The van der Waals surface area contributed by atoms with Gasteiger partial charge in [0, 0.05) is 450 Å². The Morgan fingerprint density at radius 3 is 0.117 bits per heavy atom. The van der Waals surface area contributed by atoms with Gasteiger partial charge in [-0.2, -0.15) is 0 Å². The van der Waals surface area contributed by atoms with Crippen LogP contribution >= 0.6 is 0 Å². The lowest BCUT2D eigenvalue weighted by Gasteiger charge is -1.58. The third-order valence-electron chi connectivity index (χ3n) is 5.71. The molecule has 0 unspecified atom stereocenters. The zero-order valence-corrected chi connectivity index (χ0v) is 47.2. The first-order valence-electron chi connectivity index (χ1n) is 23.3. The molecule has 0 aromatic carbocycles. The van der Waals surface area contributed by atoms with E-state index in [1.807, 2.05) is 0 Å². The van der Waals surface area contributed by atoms with Crippen molar-refractivity contribution in [2.75, 3.05) is 0 Å². The molecule has 0 atom stereocenters. The number of hydrogen-bond donors (Lipinski definition) is 0. The average molecular weight is 1130 g/mol. The van der Waals surface area contributed by atoms with Crippen LogP contribution in [0.3, 0.4) is 0 Å². The smallest absolute Gasteiger partial charge is 0 e. The van der Waals surface area contributed by atoms with Crippen LogP contribution < -0.4 is 0 Å². The average Bonchev–Trinajstić information content (AvgIpc) is 3.59. The summed E-state index contributed by atoms with van der Waals surface area (Å²) in [4.78, 5) is 0. The maximum Gasteiger partial charge on any atom is 0 e. The molecule has 0 bridgehead atoms. The Balaban J connectivity index is 4.63. The lowest BCUT2D eigenvalue weighted by atomic mass is 10.4. The Kier molecular flexibility index (Phi) is 56.4. The van der Waals surface area contributed by atoms with Gasteiger partial charge >= 0.3 is 0 Å². The predicted octanol–water partition coefficient (Wildman–Crippen LogP) is 0.406. The van der Waals surface area contributed by atoms with Crippen LogP contribution in [-0.4, -0.2) is 0 Å². The molecular formula is C94H2. The summed E-state index contributed by atoms with van der Waals surface area (Å²) in [6.45, 7) is 0. The van der Waals surface area contributed by atoms with Gasteiger partial charge in [0.25, 0.3) is 0 Å². The molecule has 0 radical (unpaired) electrons. The van der Waals surface area contributed by atoms with E-state index in [-0.39, 0.29) is 0 Å². The van der Waals surface area contributed by atoms with Crippen molar-refractivity contribution in [1.29, 1.82) is 0 Å². The van der Waals surface area contributed by atoms with Gasteiger partial charge in [0.2, 0.25) is 0 Å². The van der Waals surface area contributed by atoms with Crippen LogP contribution in [0.15, 0.2) is 0 Å². The van der Waals surface area contributed by atoms with E-state index >= 15 is 0 Å². The van der Waals surface area contributed by atoms with Gasteiger partial charge in [-0.25, -0.2) is 0 Å². The molecule has 94 heavy (non-hydrogen) atoms. The van der Waals surface area contributed by atoms with Crippen molar-refractivity contribution in [3.05, 3.63) is 0 Å². The molecule has 0 aromatic rings. The summed E-state index contributed by atoms with van der Waals surface area (Å²) in [5, 5.41) is 0. The summed E-state index contributed by atoms with van der Waals surface area (Å²) < 4.78 is 0. The number of rotatable bonds is 0. The second-order valence-electron chi connectivity index (χ2n) is 11.5. The molecule has 0 saturated carbocycles. The summed E-state index contributed by atoms with van der Waals surface area (Å²) in [6.07, 6.45) is 9.90. The van der Waals surface area contributed by atoms with Crippen molar-refractivity contribution in [2.45, 2.75) is 0 Å². The molecule has 0 spiro atoms. The number of terminal acetylenes is 2. The van der Waals surface area contributed by atoms with Gasteiger partial charge in [-0.05, 0) is 94.7 Å². The van der Waals surface area contributed by atoms with Crippen LogP contribution in [0.1, 0.15) is 0 Å². The van der Waals surface area contributed by atoms with Crippen molar-refractivity contribution in [3.8, 4) is 558 Å². The zero-order valence-electron chi connectivity index (χ0n) is 47.2. The molecule has 0 amide bonds. The Hall–Kier alpha value is -20.7. The molecule has 0 heteroatoms. The van der Waals surface area contributed by atoms with Gasteiger partial charge in [0.15, 0.2) is 0 Å². The van der Waals surface area contributed by atoms with E-state index in [1.54, 1.807) is 0 Å². The van der Waals surface area contributed by atoms with E-state index in [9.17, 15) is 0 Å². The highest BCUT2D eigenvalue weighted by Gasteiger charge is 1.66. The second kappa shape index (κ2) is 72.3. The zero-order chi connectivity index (χ0) is 67.1. The van der Waals surface area contributed by atoms with Crippen LogP contribution in [0.2, 0.25) is 0 Å². The molecule has 0 aliphatic heterocycles. The van der Waals surface area contributed by atoms with Gasteiger partial charge in [0.1, 0.15) is 0 Å². The van der Waals surface area contributed by atoms with Crippen molar-refractivity contribution in [3.63, 3.8) is 0 Å². The van der Waals surface area contributed by atoms with Crippen LogP contribution in [0, 0.1) is 558 Å². The molecule has 0 rings (SSSR count). The lowest BCUT2D eigenvalue weighted by Crippen LogP contribution is -1.57. The van der Waals surface area contributed by atoms with E-state index in [0.29, 0.717) is 0 Å². The van der Waals surface area contributed by atoms with Crippen molar-refractivity contribution in [2.24, 2.45) is 0 Å². The summed E-state index contributed by atoms with van der Waals surface area (Å²) in [5.41, 5.74) is 0. The van der Waals surface area contributed by atoms with Gasteiger partial charge < -0.3 is 0 Å². The first kappa shape index (κ1) is 73.3.